The highest BCUT2D eigenvalue weighted by molar-refractivity contribution is 7.98. The highest BCUT2D eigenvalue weighted by Gasteiger charge is 2.01. The molecule has 0 aliphatic carbocycles. The van der Waals surface area contributed by atoms with Gasteiger partial charge in [-0.15, -0.1) is 10.2 Å². The molecule has 0 aliphatic rings. The fourth-order valence-corrected chi connectivity index (χ4v) is 0.919. The molecule has 1 aromatic heterocycles. The van der Waals surface area contributed by atoms with Gasteiger partial charge < -0.3 is 9.64 Å². The second-order valence-corrected chi connectivity index (χ2v) is 3.31. The van der Waals surface area contributed by atoms with Crippen molar-refractivity contribution in [2.45, 2.75) is 5.16 Å². The Kier molecular flexibility index (Phi) is 4.56. The maximum Gasteiger partial charge on any atom is 0.355 e. The predicted molar refractivity (Wildman–Crippen MR) is 53.1 cm³/mol. The van der Waals surface area contributed by atoms with Crippen LogP contribution in [0.2, 0.25) is 0 Å². The number of nitriles is 1. The number of ether oxygens (including phenoxy) is 1. The van der Waals surface area contributed by atoms with Crippen molar-refractivity contribution in [3.63, 3.8) is 0 Å². The standard InChI is InChI=1S/C7H10N6OS/c1-13(5-8)3-4-14-6-9-11-7(15-2)12-10-6/h3-4H2,1-2H3. The largest absolute Gasteiger partial charge is 0.459 e. The highest BCUT2D eigenvalue weighted by Crippen LogP contribution is 2.05. The molecule has 0 unspecified atom stereocenters. The minimum Gasteiger partial charge on any atom is -0.459 e. The van der Waals surface area contributed by atoms with E-state index in [1.165, 1.54) is 16.7 Å². The van der Waals surface area contributed by atoms with Gasteiger partial charge in [-0.1, -0.05) is 22.0 Å². The van der Waals surface area contributed by atoms with Crippen LogP contribution in [0.3, 0.4) is 0 Å². The lowest BCUT2D eigenvalue weighted by molar-refractivity contribution is 0.251. The lowest BCUT2D eigenvalue weighted by Crippen LogP contribution is -2.19. The number of likely N-dealkylation sites (N-methyl/N-ethyl adjacent to an activating group) is 1. The Morgan fingerprint density at radius 2 is 2.07 bits per heavy atom. The van der Waals surface area contributed by atoms with Gasteiger partial charge in [-0.05, 0) is 6.26 Å². The Bertz CT molecular complexity index is 336. The third kappa shape index (κ3) is 3.95. The summed E-state index contributed by atoms with van der Waals surface area (Å²) in [4.78, 5) is 1.44. The molecule has 15 heavy (non-hydrogen) atoms. The van der Waals surface area contributed by atoms with Gasteiger partial charge in [0.05, 0.1) is 6.54 Å². The molecule has 0 N–H and O–H groups in total. The van der Waals surface area contributed by atoms with E-state index in [-0.39, 0.29) is 6.01 Å². The van der Waals surface area contributed by atoms with Crippen molar-refractivity contribution in [1.82, 2.24) is 25.3 Å². The Hall–Kier alpha value is -1.62. The summed E-state index contributed by atoms with van der Waals surface area (Å²) >= 11 is 1.36. The first-order valence-electron chi connectivity index (χ1n) is 4.11. The smallest absolute Gasteiger partial charge is 0.355 e. The first-order valence-corrected chi connectivity index (χ1v) is 5.33. The third-order valence-electron chi connectivity index (χ3n) is 1.45. The number of hydrogen-bond acceptors (Lipinski definition) is 8. The molecular weight excluding hydrogens is 216 g/mol. The van der Waals surface area contributed by atoms with E-state index >= 15 is 0 Å². The van der Waals surface area contributed by atoms with E-state index in [0.717, 1.165) is 0 Å². The second kappa shape index (κ2) is 5.98. The predicted octanol–water partition coefficient (Wildman–Crippen LogP) is -0.220. The van der Waals surface area contributed by atoms with E-state index in [1.54, 1.807) is 7.05 Å². The van der Waals surface area contributed by atoms with Crippen LogP contribution in [-0.4, -0.2) is 51.7 Å². The normalized spacial score (nSPS) is 9.40. The number of rotatable bonds is 5. The van der Waals surface area contributed by atoms with Crippen LogP contribution in [0.25, 0.3) is 0 Å². The van der Waals surface area contributed by atoms with Crippen molar-refractivity contribution in [1.29, 1.82) is 5.26 Å². The van der Waals surface area contributed by atoms with Crippen molar-refractivity contribution in [3.8, 4) is 12.2 Å². The Labute approximate surface area is 91.5 Å². The molecule has 0 radical (unpaired) electrons. The van der Waals surface area contributed by atoms with Gasteiger partial charge in [0.1, 0.15) is 6.61 Å². The van der Waals surface area contributed by atoms with Crippen molar-refractivity contribution in [2.75, 3.05) is 26.5 Å². The molecule has 0 bridgehead atoms. The number of aromatic nitrogens is 4. The summed E-state index contributed by atoms with van der Waals surface area (Å²) in [6, 6.07) is 0.124. The van der Waals surface area contributed by atoms with E-state index in [2.05, 4.69) is 20.4 Å². The summed E-state index contributed by atoms with van der Waals surface area (Å²) < 4.78 is 5.13. The maximum absolute atomic E-state index is 8.46. The van der Waals surface area contributed by atoms with Crippen LogP contribution in [0, 0.1) is 11.5 Å². The Morgan fingerprint density at radius 1 is 1.40 bits per heavy atom. The molecule has 1 heterocycles. The fourth-order valence-electron chi connectivity index (χ4n) is 0.674. The molecule has 8 heteroatoms. The van der Waals surface area contributed by atoms with Gasteiger partial charge in [0.25, 0.3) is 0 Å². The lowest BCUT2D eigenvalue weighted by Gasteiger charge is -2.07. The zero-order valence-corrected chi connectivity index (χ0v) is 9.23. The maximum atomic E-state index is 8.46. The first-order chi connectivity index (χ1) is 7.26. The average molecular weight is 226 g/mol. The van der Waals surface area contributed by atoms with Gasteiger partial charge in [0, 0.05) is 7.05 Å². The molecular formula is C7H10N6OS. The quantitative estimate of drug-likeness (QED) is 0.387. The van der Waals surface area contributed by atoms with Crippen molar-refractivity contribution in [2.24, 2.45) is 0 Å². The number of hydrogen-bond donors (Lipinski definition) is 0. The third-order valence-corrected chi connectivity index (χ3v) is 1.98. The summed E-state index contributed by atoms with van der Waals surface area (Å²) in [5.74, 6) is 0. The molecule has 1 rings (SSSR count). The summed E-state index contributed by atoms with van der Waals surface area (Å²) in [7, 11) is 1.66. The summed E-state index contributed by atoms with van der Waals surface area (Å²) in [6.07, 6.45) is 3.78. The lowest BCUT2D eigenvalue weighted by atomic mass is 10.6. The van der Waals surface area contributed by atoms with Crippen LogP contribution >= 0.6 is 11.8 Å². The molecule has 0 saturated carbocycles. The van der Waals surface area contributed by atoms with Crippen LogP contribution in [0.4, 0.5) is 0 Å². The van der Waals surface area contributed by atoms with Crippen LogP contribution in [0.5, 0.6) is 6.01 Å². The zero-order valence-electron chi connectivity index (χ0n) is 8.41. The highest BCUT2D eigenvalue weighted by atomic mass is 32.2. The molecule has 80 valence electrons. The summed E-state index contributed by atoms with van der Waals surface area (Å²) in [5.41, 5.74) is 0. The van der Waals surface area contributed by atoms with Crippen LogP contribution in [-0.2, 0) is 0 Å². The van der Waals surface area contributed by atoms with Gasteiger partial charge >= 0.3 is 6.01 Å². The van der Waals surface area contributed by atoms with Crippen LogP contribution in [0.15, 0.2) is 5.16 Å². The van der Waals surface area contributed by atoms with Crippen molar-refractivity contribution < 1.29 is 4.74 Å². The molecule has 0 aromatic carbocycles. The Morgan fingerprint density at radius 3 is 2.60 bits per heavy atom. The molecule has 0 aliphatic heterocycles. The summed E-state index contributed by atoms with van der Waals surface area (Å²) in [6.45, 7) is 0.802. The van der Waals surface area contributed by atoms with E-state index in [9.17, 15) is 0 Å². The minimum atomic E-state index is 0.124. The zero-order chi connectivity index (χ0) is 11.1. The second-order valence-electron chi connectivity index (χ2n) is 2.54. The first kappa shape index (κ1) is 11.5. The summed E-state index contributed by atoms with van der Waals surface area (Å²) in [5, 5.41) is 23.9. The van der Waals surface area contributed by atoms with E-state index in [4.69, 9.17) is 10.00 Å². The van der Waals surface area contributed by atoms with Gasteiger partial charge in [0.15, 0.2) is 6.19 Å². The van der Waals surface area contributed by atoms with Crippen molar-refractivity contribution in [3.05, 3.63) is 0 Å². The van der Waals surface area contributed by atoms with Gasteiger partial charge in [0.2, 0.25) is 5.16 Å². The molecule has 0 spiro atoms. The molecule has 1 aromatic rings. The monoisotopic (exact) mass is 226 g/mol. The van der Waals surface area contributed by atoms with Crippen LogP contribution in [0.1, 0.15) is 0 Å². The van der Waals surface area contributed by atoms with Gasteiger partial charge in [-0.2, -0.15) is 5.26 Å². The topological polar surface area (TPSA) is 87.8 Å². The number of thioether (sulfide) groups is 1. The SMILES string of the molecule is CSc1nnc(OCCN(C)C#N)nn1. The fraction of sp³-hybridized carbons (Fsp3) is 0.571. The molecule has 0 saturated heterocycles. The van der Waals surface area contributed by atoms with E-state index in [0.29, 0.717) is 18.3 Å². The van der Waals surface area contributed by atoms with Crippen molar-refractivity contribution >= 4 is 11.8 Å². The van der Waals surface area contributed by atoms with E-state index in [1.807, 2.05) is 12.4 Å². The minimum absolute atomic E-state index is 0.124. The van der Waals surface area contributed by atoms with Gasteiger partial charge in [-0.3, -0.25) is 0 Å². The van der Waals surface area contributed by atoms with E-state index < -0.39 is 0 Å². The number of nitrogens with zero attached hydrogens (tertiary/aromatic N) is 6. The van der Waals surface area contributed by atoms with Gasteiger partial charge in [-0.25, -0.2) is 0 Å². The molecule has 0 atom stereocenters. The molecule has 7 nitrogen and oxygen atoms in total. The molecule has 0 amide bonds. The Balaban J connectivity index is 2.35. The van der Waals surface area contributed by atoms with Crippen LogP contribution < -0.4 is 4.74 Å². The molecule has 0 fully saturated rings. The average Bonchev–Trinajstić information content (AvgIpc) is 2.29.